The van der Waals surface area contributed by atoms with E-state index in [0.717, 1.165) is 11.3 Å². The molecule has 2 N–H and O–H groups in total. The Balaban J connectivity index is 1.71. The molecule has 0 saturated carbocycles. The Kier molecular flexibility index (Phi) is 3.83. The number of nitrogens with zero attached hydrogens (tertiary/aromatic N) is 3. The zero-order valence-electron chi connectivity index (χ0n) is 10.9. The van der Waals surface area contributed by atoms with Crippen LogP contribution in [0, 0.1) is 5.82 Å². The normalized spacial score (nSPS) is 10.7. The molecule has 7 heteroatoms. The Hall–Kier alpha value is -2.41. The van der Waals surface area contributed by atoms with Crippen LogP contribution in [0.5, 0.6) is 0 Å². The highest BCUT2D eigenvalue weighted by Crippen LogP contribution is 2.26. The summed E-state index contributed by atoms with van der Waals surface area (Å²) in [7, 11) is 0. The molecule has 106 valence electrons. The van der Waals surface area contributed by atoms with Crippen LogP contribution in [0.4, 0.5) is 10.2 Å². The zero-order valence-corrected chi connectivity index (χ0v) is 11.7. The van der Waals surface area contributed by atoms with E-state index in [1.807, 2.05) is 0 Å². The van der Waals surface area contributed by atoms with Crippen molar-refractivity contribution in [2.24, 2.45) is 0 Å². The number of hydrogen-bond donors (Lipinski definition) is 1. The smallest absolute Gasteiger partial charge is 0.226 e. The Morgan fingerprint density at radius 3 is 2.67 bits per heavy atom. The average Bonchev–Trinajstić information content (AvgIpc) is 2.96. The molecule has 0 saturated heterocycles. The van der Waals surface area contributed by atoms with Gasteiger partial charge in [-0.05, 0) is 24.3 Å². The Morgan fingerprint density at radius 1 is 1.14 bits per heavy atom. The van der Waals surface area contributed by atoms with Gasteiger partial charge in [0.1, 0.15) is 17.1 Å². The van der Waals surface area contributed by atoms with E-state index in [-0.39, 0.29) is 5.82 Å². The number of benzene rings is 1. The molecule has 0 bridgehead atoms. The van der Waals surface area contributed by atoms with Gasteiger partial charge < -0.3 is 10.2 Å². The van der Waals surface area contributed by atoms with E-state index >= 15 is 0 Å². The molecule has 0 aliphatic carbocycles. The minimum absolute atomic E-state index is 0.292. The van der Waals surface area contributed by atoms with Gasteiger partial charge >= 0.3 is 0 Å². The second-order valence-electron chi connectivity index (χ2n) is 4.19. The average molecular weight is 302 g/mol. The van der Waals surface area contributed by atoms with Crippen molar-refractivity contribution in [3.05, 3.63) is 54.4 Å². The quantitative estimate of drug-likeness (QED) is 0.746. The SMILES string of the molecule is Nc1nccnc1SCc1coc(-c2ccc(F)cc2)n1. The van der Waals surface area contributed by atoms with Gasteiger partial charge in [-0.2, -0.15) is 0 Å². The molecule has 2 heterocycles. The number of rotatable bonds is 4. The first-order valence-corrected chi connectivity index (χ1v) is 7.10. The fourth-order valence-electron chi connectivity index (χ4n) is 1.69. The summed E-state index contributed by atoms with van der Waals surface area (Å²) in [5.74, 6) is 1.12. The summed E-state index contributed by atoms with van der Waals surface area (Å²) in [5.41, 5.74) is 7.20. The molecular weight excluding hydrogens is 291 g/mol. The summed E-state index contributed by atoms with van der Waals surface area (Å²) in [6.45, 7) is 0. The van der Waals surface area contributed by atoms with Crippen LogP contribution in [0.3, 0.4) is 0 Å². The summed E-state index contributed by atoms with van der Waals surface area (Å²) >= 11 is 1.43. The van der Waals surface area contributed by atoms with Crippen LogP contribution < -0.4 is 5.73 Å². The van der Waals surface area contributed by atoms with Crippen molar-refractivity contribution in [2.75, 3.05) is 5.73 Å². The van der Waals surface area contributed by atoms with Gasteiger partial charge in [-0.1, -0.05) is 11.8 Å². The van der Waals surface area contributed by atoms with Gasteiger partial charge in [0.15, 0.2) is 5.82 Å². The highest BCUT2D eigenvalue weighted by Gasteiger charge is 2.09. The molecule has 0 unspecified atom stereocenters. The molecule has 0 spiro atoms. The van der Waals surface area contributed by atoms with Gasteiger partial charge in [-0.25, -0.2) is 19.3 Å². The Bertz CT molecular complexity index is 745. The molecule has 0 atom stereocenters. The van der Waals surface area contributed by atoms with Gasteiger partial charge in [0.2, 0.25) is 5.89 Å². The van der Waals surface area contributed by atoms with E-state index in [9.17, 15) is 4.39 Å². The van der Waals surface area contributed by atoms with Crippen molar-refractivity contribution in [2.45, 2.75) is 10.8 Å². The number of anilines is 1. The van der Waals surface area contributed by atoms with Gasteiger partial charge in [0.05, 0.1) is 5.69 Å². The lowest BCUT2D eigenvalue weighted by molar-refractivity contribution is 0.573. The topological polar surface area (TPSA) is 77.8 Å². The summed E-state index contributed by atoms with van der Waals surface area (Å²) in [5, 5.41) is 0.656. The first kappa shape index (κ1) is 13.6. The fraction of sp³-hybridized carbons (Fsp3) is 0.0714. The van der Waals surface area contributed by atoms with Gasteiger partial charge in [0, 0.05) is 23.7 Å². The molecule has 1 aromatic carbocycles. The molecule has 21 heavy (non-hydrogen) atoms. The number of oxazole rings is 1. The number of nitrogens with two attached hydrogens (primary N) is 1. The number of aromatic nitrogens is 3. The van der Waals surface area contributed by atoms with E-state index in [1.165, 1.54) is 23.9 Å². The lowest BCUT2D eigenvalue weighted by atomic mass is 10.2. The predicted molar refractivity (Wildman–Crippen MR) is 77.9 cm³/mol. The number of halogens is 1. The van der Waals surface area contributed by atoms with Crippen LogP contribution in [0.2, 0.25) is 0 Å². The van der Waals surface area contributed by atoms with Gasteiger partial charge in [-0.3, -0.25) is 0 Å². The third-order valence-electron chi connectivity index (χ3n) is 2.69. The van der Waals surface area contributed by atoms with E-state index < -0.39 is 0 Å². The number of hydrogen-bond acceptors (Lipinski definition) is 6. The number of nitrogen functional groups attached to an aromatic ring is 1. The highest BCUT2D eigenvalue weighted by atomic mass is 32.2. The lowest BCUT2D eigenvalue weighted by Crippen LogP contribution is -1.95. The first-order chi connectivity index (χ1) is 10.2. The lowest BCUT2D eigenvalue weighted by Gasteiger charge is -2.00. The second kappa shape index (κ2) is 5.92. The molecule has 3 aromatic rings. The monoisotopic (exact) mass is 302 g/mol. The molecule has 0 amide bonds. The molecule has 0 aliphatic rings. The van der Waals surface area contributed by atoms with Crippen LogP contribution in [-0.2, 0) is 5.75 Å². The maximum absolute atomic E-state index is 12.9. The fourth-order valence-corrected chi connectivity index (χ4v) is 2.44. The van der Waals surface area contributed by atoms with Crippen molar-refractivity contribution < 1.29 is 8.81 Å². The zero-order chi connectivity index (χ0) is 14.7. The van der Waals surface area contributed by atoms with Crippen molar-refractivity contribution in [1.82, 2.24) is 15.0 Å². The van der Waals surface area contributed by atoms with Crippen LogP contribution in [-0.4, -0.2) is 15.0 Å². The summed E-state index contributed by atoms with van der Waals surface area (Å²) in [4.78, 5) is 12.5. The van der Waals surface area contributed by atoms with Gasteiger partial charge in [-0.15, -0.1) is 0 Å². The minimum Gasteiger partial charge on any atom is -0.444 e. The third kappa shape index (κ3) is 3.19. The maximum atomic E-state index is 12.9. The highest BCUT2D eigenvalue weighted by molar-refractivity contribution is 7.98. The second-order valence-corrected chi connectivity index (χ2v) is 5.15. The van der Waals surface area contributed by atoms with E-state index in [0.29, 0.717) is 22.5 Å². The first-order valence-electron chi connectivity index (χ1n) is 6.12. The largest absolute Gasteiger partial charge is 0.444 e. The summed E-state index contributed by atoms with van der Waals surface area (Å²) in [6.07, 6.45) is 4.70. The molecule has 0 radical (unpaired) electrons. The van der Waals surface area contributed by atoms with Crippen LogP contribution in [0.1, 0.15) is 5.69 Å². The Morgan fingerprint density at radius 2 is 1.90 bits per heavy atom. The van der Waals surface area contributed by atoms with Crippen LogP contribution >= 0.6 is 11.8 Å². The summed E-state index contributed by atoms with van der Waals surface area (Å²) < 4.78 is 18.3. The molecule has 0 fully saturated rings. The van der Waals surface area contributed by atoms with Crippen molar-refractivity contribution >= 4 is 17.6 Å². The molecular formula is C14H11FN4OS. The van der Waals surface area contributed by atoms with Crippen molar-refractivity contribution in [3.8, 4) is 11.5 Å². The van der Waals surface area contributed by atoms with E-state index in [2.05, 4.69) is 15.0 Å². The number of thioether (sulfide) groups is 1. The Labute approximate surface area is 124 Å². The predicted octanol–water partition coefficient (Wildman–Crippen LogP) is 3.15. The molecule has 0 aliphatic heterocycles. The standard InChI is InChI=1S/C14H11FN4OS/c15-10-3-1-9(2-4-10)13-19-11(7-20-13)8-21-14-12(16)17-5-6-18-14/h1-7H,8H2,(H2,16,17). The molecule has 3 rings (SSSR count). The van der Waals surface area contributed by atoms with Crippen molar-refractivity contribution in [3.63, 3.8) is 0 Å². The molecule has 5 nitrogen and oxygen atoms in total. The van der Waals surface area contributed by atoms with E-state index in [4.69, 9.17) is 10.2 Å². The third-order valence-corrected chi connectivity index (χ3v) is 3.72. The van der Waals surface area contributed by atoms with Crippen LogP contribution in [0.25, 0.3) is 11.5 Å². The van der Waals surface area contributed by atoms with Gasteiger partial charge in [0.25, 0.3) is 0 Å². The van der Waals surface area contributed by atoms with E-state index in [1.54, 1.807) is 30.8 Å². The molecule has 2 aromatic heterocycles. The minimum atomic E-state index is -0.292. The van der Waals surface area contributed by atoms with Crippen molar-refractivity contribution in [1.29, 1.82) is 0 Å². The summed E-state index contributed by atoms with van der Waals surface area (Å²) in [6, 6.07) is 5.99. The maximum Gasteiger partial charge on any atom is 0.226 e. The van der Waals surface area contributed by atoms with Crippen LogP contribution in [0.15, 0.2) is 52.4 Å².